The molecule has 0 unspecified atom stereocenters. The maximum atomic E-state index is 12.1. The summed E-state index contributed by atoms with van der Waals surface area (Å²) in [7, 11) is 0. The summed E-state index contributed by atoms with van der Waals surface area (Å²) in [5, 5.41) is 3.03. The molecule has 2 heterocycles. The van der Waals surface area contributed by atoms with Gasteiger partial charge in [0.2, 0.25) is 5.91 Å². The van der Waals surface area contributed by atoms with E-state index in [0.717, 1.165) is 55.9 Å². The van der Waals surface area contributed by atoms with Gasteiger partial charge in [0.1, 0.15) is 5.82 Å². The van der Waals surface area contributed by atoms with Crippen LogP contribution >= 0.6 is 0 Å². The zero-order valence-corrected chi connectivity index (χ0v) is 13.8. The van der Waals surface area contributed by atoms with Gasteiger partial charge in [0.15, 0.2) is 0 Å². The minimum atomic E-state index is 0.115. The highest BCUT2D eigenvalue weighted by molar-refractivity contribution is 5.78. The first kappa shape index (κ1) is 16.0. The Hall–Kier alpha value is -1.88. The van der Waals surface area contributed by atoms with E-state index < -0.39 is 0 Å². The van der Waals surface area contributed by atoms with Crippen LogP contribution in [0.2, 0.25) is 0 Å². The topological polar surface area (TPSA) is 56.2 Å². The lowest BCUT2D eigenvalue weighted by Gasteiger charge is -2.10. The quantitative estimate of drug-likeness (QED) is 0.854. The predicted octanol–water partition coefficient (Wildman–Crippen LogP) is 2.53. The molecule has 0 aliphatic carbocycles. The van der Waals surface area contributed by atoms with E-state index in [9.17, 15) is 4.79 Å². The van der Waals surface area contributed by atoms with Gasteiger partial charge in [-0.05, 0) is 30.9 Å². The SMILES string of the molecule is CCc1nc2ccccc2n1CCC(=O)NCC[C@@H]1CCOC1. The zero-order valence-electron chi connectivity index (χ0n) is 13.8. The molecule has 1 aliphatic rings. The lowest BCUT2D eigenvalue weighted by molar-refractivity contribution is -0.121. The van der Waals surface area contributed by atoms with Crippen molar-refractivity contribution in [3.05, 3.63) is 30.1 Å². The van der Waals surface area contributed by atoms with Gasteiger partial charge in [0.05, 0.1) is 11.0 Å². The molecule has 1 atom stereocenters. The van der Waals surface area contributed by atoms with Crippen LogP contribution in [0.4, 0.5) is 0 Å². The summed E-state index contributed by atoms with van der Waals surface area (Å²) in [4.78, 5) is 16.7. The normalized spacial score (nSPS) is 17.7. The highest BCUT2D eigenvalue weighted by Crippen LogP contribution is 2.17. The number of aromatic nitrogens is 2. The first-order chi connectivity index (χ1) is 11.3. The summed E-state index contributed by atoms with van der Waals surface area (Å²) in [5.41, 5.74) is 2.12. The summed E-state index contributed by atoms with van der Waals surface area (Å²) in [6, 6.07) is 8.11. The largest absolute Gasteiger partial charge is 0.381 e. The van der Waals surface area contributed by atoms with Crippen LogP contribution in [-0.4, -0.2) is 35.2 Å². The number of ether oxygens (including phenoxy) is 1. The molecule has 5 heteroatoms. The van der Waals surface area contributed by atoms with Crippen molar-refractivity contribution in [2.75, 3.05) is 19.8 Å². The second kappa shape index (κ2) is 7.59. The molecule has 124 valence electrons. The van der Waals surface area contributed by atoms with Gasteiger partial charge in [-0.1, -0.05) is 19.1 Å². The summed E-state index contributed by atoms with van der Waals surface area (Å²) >= 11 is 0. The molecule has 1 aromatic heterocycles. The van der Waals surface area contributed by atoms with Crippen LogP contribution in [0, 0.1) is 5.92 Å². The summed E-state index contributed by atoms with van der Waals surface area (Å²) in [6.45, 7) is 5.24. The molecule has 0 radical (unpaired) electrons. The molecule has 0 bridgehead atoms. The molecule has 1 saturated heterocycles. The number of aryl methyl sites for hydroxylation is 2. The van der Waals surface area contributed by atoms with E-state index in [1.54, 1.807) is 0 Å². The molecule has 1 N–H and O–H groups in total. The number of fused-ring (bicyclic) bond motifs is 1. The van der Waals surface area contributed by atoms with E-state index in [4.69, 9.17) is 4.74 Å². The molecule has 1 fully saturated rings. The van der Waals surface area contributed by atoms with Crippen LogP contribution in [0.5, 0.6) is 0 Å². The van der Waals surface area contributed by atoms with Gasteiger partial charge in [-0.25, -0.2) is 4.98 Å². The number of nitrogens with one attached hydrogen (secondary N) is 1. The van der Waals surface area contributed by atoms with E-state index in [1.807, 2.05) is 18.2 Å². The number of para-hydroxylation sites is 2. The third-order valence-corrected chi connectivity index (χ3v) is 4.51. The third-order valence-electron chi connectivity index (χ3n) is 4.51. The molecule has 3 rings (SSSR count). The Kier molecular flexibility index (Phi) is 5.28. The Morgan fingerprint density at radius 3 is 3.09 bits per heavy atom. The van der Waals surface area contributed by atoms with Crippen LogP contribution in [0.3, 0.4) is 0 Å². The predicted molar refractivity (Wildman–Crippen MR) is 90.3 cm³/mol. The fraction of sp³-hybridized carbons (Fsp3) is 0.556. The molecule has 1 aliphatic heterocycles. The Balaban J connectivity index is 1.52. The second-order valence-corrected chi connectivity index (χ2v) is 6.14. The van der Waals surface area contributed by atoms with Crippen molar-refractivity contribution in [1.29, 1.82) is 0 Å². The smallest absolute Gasteiger partial charge is 0.221 e. The average molecular weight is 315 g/mol. The van der Waals surface area contributed by atoms with Crippen LogP contribution in [0.15, 0.2) is 24.3 Å². The number of benzene rings is 1. The van der Waals surface area contributed by atoms with E-state index in [1.165, 1.54) is 0 Å². The summed E-state index contributed by atoms with van der Waals surface area (Å²) in [5.74, 6) is 1.77. The molecule has 1 amide bonds. The molecule has 2 aromatic rings. The fourth-order valence-corrected chi connectivity index (χ4v) is 3.17. The molecular weight excluding hydrogens is 290 g/mol. The molecule has 23 heavy (non-hydrogen) atoms. The molecule has 0 saturated carbocycles. The molecule has 0 spiro atoms. The lowest BCUT2D eigenvalue weighted by Crippen LogP contribution is -2.27. The van der Waals surface area contributed by atoms with Crippen molar-refractivity contribution in [2.24, 2.45) is 5.92 Å². The van der Waals surface area contributed by atoms with E-state index in [2.05, 4.69) is 27.9 Å². The Morgan fingerprint density at radius 2 is 2.30 bits per heavy atom. The van der Waals surface area contributed by atoms with Gasteiger partial charge in [-0.15, -0.1) is 0 Å². The van der Waals surface area contributed by atoms with Gasteiger partial charge in [0, 0.05) is 39.1 Å². The number of amides is 1. The van der Waals surface area contributed by atoms with Crippen molar-refractivity contribution >= 4 is 16.9 Å². The first-order valence-corrected chi connectivity index (χ1v) is 8.56. The monoisotopic (exact) mass is 315 g/mol. The minimum absolute atomic E-state index is 0.115. The van der Waals surface area contributed by atoms with Crippen molar-refractivity contribution in [2.45, 2.75) is 39.2 Å². The van der Waals surface area contributed by atoms with Gasteiger partial charge < -0.3 is 14.6 Å². The standard InChI is InChI=1S/C18H25N3O2/c1-2-17-20-15-5-3-4-6-16(15)21(17)11-8-18(22)19-10-7-14-9-12-23-13-14/h3-6,14H,2,7-13H2,1H3,(H,19,22)/t14-/m1/s1. The van der Waals surface area contributed by atoms with E-state index in [-0.39, 0.29) is 5.91 Å². The van der Waals surface area contributed by atoms with Gasteiger partial charge >= 0.3 is 0 Å². The van der Waals surface area contributed by atoms with Crippen molar-refractivity contribution in [3.63, 3.8) is 0 Å². The fourth-order valence-electron chi connectivity index (χ4n) is 3.17. The van der Waals surface area contributed by atoms with Crippen LogP contribution in [-0.2, 0) is 22.5 Å². The Labute approximate surface area is 137 Å². The molecule has 1 aromatic carbocycles. The molecule has 5 nitrogen and oxygen atoms in total. The van der Waals surface area contributed by atoms with Gasteiger partial charge in [-0.3, -0.25) is 4.79 Å². The van der Waals surface area contributed by atoms with E-state index >= 15 is 0 Å². The number of carbonyl (C=O) groups is 1. The van der Waals surface area contributed by atoms with Crippen molar-refractivity contribution in [1.82, 2.24) is 14.9 Å². The van der Waals surface area contributed by atoms with Crippen LogP contribution in [0.25, 0.3) is 11.0 Å². The highest BCUT2D eigenvalue weighted by atomic mass is 16.5. The minimum Gasteiger partial charge on any atom is -0.381 e. The first-order valence-electron chi connectivity index (χ1n) is 8.56. The maximum Gasteiger partial charge on any atom is 0.221 e. The molecular formula is C18H25N3O2. The van der Waals surface area contributed by atoms with E-state index in [0.29, 0.717) is 18.9 Å². The number of hydrogen-bond donors (Lipinski definition) is 1. The number of hydrogen-bond acceptors (Lipinski definition) is 3. The van der Waals surface area contributed by atoms with Gasteiger partial charge in [-0.2, -0.15) is 0 Å². The van der Waals surface area contributed by atoms with Crippen molar-refractivity contribution < 1.29 is 9.53 Å². The van der Waals surface area contributed by atoms with Crippen LogP contribution < -0.4 is 5.32 Å². The second-order valence-electron chi connectivity index (χ2n) is 6.14. The number of imidazole rings is 1. The maximum absolute atomic E-state index is 12.1. The zero-order chi connectivity index (χ0) is 16.1. The number of rotatable bonds is 7. The Morgan fingerprint density at radius 1 is 1.43 bits per heavy atom. The summed E-state index contributed by atoms with van der Waals surface area (Å²) in [6.07, 6.45) is 3.50. The average Bonchev–Trinajstić information content (AvgIpc) is 3.20. The summed E-state index contributed by atoms with van der Waals surface area (Å²) < 4.78 is 7.52. The van der Waals surface area contributed by atoms with Crippen molar-refractivity contribution in [3.8, 4) is 0 Å². The highest BCUT2D eigenvalue weighted by Gasteiger charge is 2.15. The lowest BCUT2D eigenvalue weighted by atomic mass is 10.1. The van der Waals surface area contributed by atoms with Gasteiger partial charge in [0.25, 0.3) is 0 Å². The Bertz CT molecular complexity index is 659. The third kappa shape index (κ3) is 3.91. The number of carbonyl (C=O) groups excluding carboxylic acids is 1. The number of nitrogens with zero attached hydrogens (tertiary/aromatic N) is 2. The van der Waals surface area contributed by atoms with Crippen LogP contribution in [0.1, 0.15) is 32.0 Å².